The minimum Gasteiger partial charge on any atom is -0.343 e. The van der Waals surface area contributed by atoms with Gasteiger partial charge in [0.15, 0.2) is 0 Å². The van der Waals surface area contributed by atoms with Crippen molar-refractivity contribution in [1.82, 2.24) is 4.90 Å². The quantitative estimate of drug-likeness (QED) is 0.856. The van der Waals surface area contributed by atoms with Gasteiger partial charge in [-0.15, -0.1) is 0 Å². The third-order valence-corrected chi connectivity index (χ3v) is 5.14. The Hall–Kier alpha value is -1.35. The van der Waals surface area contributed by atoms with Crippen LogP contribution in [-0.4, -0.2) is 37.0 Å². The molecule has 3 heteroatoms. The zero-order chi connectivity index (χ0) is 16.8. The molecule has 0 bridgehead atoms. The number of piperidine rings is 1. The highest BCUT2D eigenvalue weighted by atomic mass is 16.2. The van der Waals surface area contributed by atoms with Crippen molar-refractivity contribution >= 4 is 5.91 Å². The molecule has 1 amide bonds. The Morgan fingerprint density at radius 1 is 1.22 bits per heavy atom. The van der Waals surface area contributed by atoms with Gasteiger partial charge in [-0.3, -0.25) is 4.79 Å². The number of benzene rings is 1. The highest BCUT2D eigenvalue weighted by molar-refractivity contribution is 5.78. The van der Waals surface area contributed by atoms with E-state index in [2.05, 4.69) is 52.0 Å². The number of carbonyl (C=O) groups is 1. The topological polar surface area (TPSA) is 24.8 Å². The molecule has 23 heavy (non-hydrogen) atoms. The lowest BCUT2D eigenvalue weighted by molar-refractivity contribution is -0.921. The molecule has 1 saturated heterocycles. The van der Waals surface area contributed by atoms with Gasteiger partial charge in [0.2, 0.25) is 5.91 Å². The van der Waals surface area contributed by atoms with Crippen LogP contribution in [0.4, 0.5) is 0 Å². The van der Waals surface area contributed by atoms with Crippen molar-refractivity contribution < 1.29 is 9.69 Å². The number of quaternary nitrogens is 1. The Labute approximate surface area is 141 Å². The maximum atomic E-state index is 12.6. The van der Waals surface area contributed by atoms with E-state index in [9.17, 15) is 4.79 Å². The first kappa shape index (κ1) is 18.0. The van der Waals surface area contributed by atoms with Crippen molar-refractivity contribution in [2.45, 2.75) is 53.0 Å². The Bertz CT molecular complexity index is 491. The molecule has 0 aliphatic carbocycles. The van der Waals surface area contributed by atoms with E-state index in [1.165, 1.54) is 17.7 Å². The Morgan fingerprint density at radius 2 is 1.87 bits per heavy atom. The van der Waals surface area contributed by atoms with Crippen LogP contribution in [0.3, 0.4) is 0 Å². The van der Waals surface area contributed by atoms with Crippen LogP contribution < -0.4 is 4.90 Å². The van der Waals surface area contributed by atoms with Crippen molar-refractivity contribution in [3.8, 4) is 0 Å². The molecule has 2 rings (SSSR count). The molecule has 1 fully saturated rings. The normalized spacial score (nSPS) is 21.4. The van der Waals surface area contributed by atoms with Crippen molar-refractivity contribution in [2.24, 2.45) is 5.92 Å². The fraction of sp³-hybridized carbons (Fsp3) is 0.650. The van der Waals surface area contributed by atoms with E-state index < -0.39 is 0 Å². The van der Waals surface area contributed by atoms with Gasteiger partial charge in [-0.05, 0) is 38.2 Å². The standard InChI is InChI=1S/C20H32N2O/c1-5-22(6-2)20(23)19-8-7-13-21(15-19)14-17-9-11-18(12-10-17)16(3)4/h9-12,16,19H,5-8,13-15H2,1-4H3/p+1/t19-/m1/s1. The van der Waals surface area contributed by atoms with Crippen LogP contribution in [0.1, 0.15) is 57.6 Å². The number of nitrogens with zero attached hydrogens (tertiary/aromatic N) is 1. The molecule has 0 spiro atoms. The molecule has 2 atom stereocenters. The third-order valence-electron chi connectivity index (χ3n) is 5.14. The van der Waals surface area contributed by atoms with Crippen LogP contribution in [0.15, 0.2) is 24.3 Å². The third kappa shape index (κ3) is 4.81. The predicted octanol–water partition coefficient (Wildman–Crippen LogP) is 2.47. The lowest BCUT2D eigenvalue weighted by atomic mass is 9.95. The van der Waals surface area contributed by atoms with Gasteiger partial charge in [0.25, 0.3) is 0 Å². The first-order valence-corrected chi connectivity index (χ1v) is 9.26. The Kier molecular flexibility index (Phi) is 6.64. The van der Waals surface area contributed by atoms with E-state index in [1.807, 2.05) is 4.90 Å². The first-order chi connectivity index (χ1) is 11.0. The second-order valence-corrected chi connectivity index (χ2v) is 7.13. The zero-order valence-corrected chi connectivity index (χ0v) is 15.3. The molecule has 1 aromatic rings. The SMILES string of the molecule is CCN(CC)C(=O)[C@@H]1CCC[NH+](Cc2ccc(C(C)C)cc2)C1. The van der Waals surface area contributed by atoms with Gasteiger partial charge < -0.3 is 9.80 Å². The zero-order valence-electron chi connectivity index (χ0n) is 15.3. The largest absolute Gasteiger partial charge is 0.343 e. The molecular weight excluding hydrogens is 284 g/mol. The van der Waals surface area contributed by atoms with Gasteiger partial charge in [-0.2, -0.15) is 0 Å². The van der Waals surface area contributed by atoms with Crippen LogP contribution >= 0.6 is 0 Å². The van der Waals surface area contributed by atoms with Crippen LogP contribution in [-0.2, 0) is 11.3 Å². The maximum Gasteiger partial charge on any atom is 0.231 e. The summed E-state index contributed by atoms with van der Waals surface area (Å²) in [4.78, 5) is 16.1. The van der Waals surface area contributed by atoms with E-state index >= 15 is 0 Å². The van der Waals surface area contributed by atoms with E-state index in [0.29, 0.717) is 11.8 Å². The van der Waals surface area contributed by atoms with E-state index in [0.717, 1.165) is 39.0 Å². The average Bonchev–Trinajstić information content (AvgIpc) is 2.56. The summed E-state index contributed by atoms with van der Waals surface area (Å²) in [6.45, 7) is 13.5. The molecule has 3 nitrogen and oxygen atoms in total. The molecule has 1 aromatic carbocycles. The number of nitrogens with one attached hydrogen (secondary N) is 1. The Balaban J connectivity index is 1.94. The molecule has 128 valence electrons. The number of likely N-dealkylation sites (tertiary alicyclic amines) is 1. The number of hydrogen-bond acceptors (Lipinski definition) is 1. The van der Waals surface area contributed by atoms with Crippen molar-refractivity contribution in [2.75, 3.05) is 26.2 Å². The Morgan fingerprint density at radius 3 is 2.43 bits per heavy atom. The number of rotatable bonds is 6. The molecular formula is C20H33N2O+. The second kappa shape index (κ2) is 8.49. The summed E-state index contributed by atoms with van der Waals surface area (Å²) in [5.74, 6) is 1.17. The van der Waals surface area contributed by atoms with Crippen LogP contribution in [0.25, 0.3) is 0 Å². The molecule has 1 unspecified atom stereocenters. The summed E-state index contributed by atoms with van der Waals surface area (Å²) < 4.78 is 0. The molecule has 0 aromatic heterocycles. The van der Waals surface area contributed by atoms with Gasteiger partial charge in [0.05, 0.1) is 19.0 Å². The van der Waals surface area contributed by atoms with Gasteiger partial charge in [-0.1, -0.05) is 38.1 Å². The molecule has 1 heterocycles. The van der Waals surface area contributed by atoms with Gasteiger partial charge in [0, 0.05) is 18.7 Å². The lowest BCUT2D eigenvalue weighted by Crippen LogP contribution is -3.12. The molecule has 0 radical (unpaired) electrons. The predicted molar refractivity (Wildman–Crippen MR) is 95.6 cm³/mol. The summed E-state index contributed by atoms with van der Waals surface area (Å²) in [5, 5.41) is 0. The van der Waals surface area contributed by atoms with Crippen molar-refractivity contribution in [3.05, 3.63) is 35.4 Å². The number of amides is 1. The fourth-order valence-electron chi connectivity index (χ4n) is 3.62. The van der Waals surface area contributed by atoms with Gasteiger partial charge in [0.1, 0.15) is 6.54 Å². The van der Waals surface area contributed by atoms with Crippen molar-refractivity contribution in [1.29, 1.82) is 0 Å². The molecule has 1 aliphatic heterocycles. The summed E-state index contributed by atoms with van der Waals surface area (Å²) in [6.07, 6.45) is 2.22. The minimum absolute atomic E-state index is 0.216. The summed E-state index contributed by atoms with van der Waals surface area (Å²) in [5.41, 5.74) is 2.79. The molecule has 1 N–H and O–H groups in total. The number of carbonyl (C=O) groups excluding carboxylic acids is 1. The molecule has 1 aliphatic rings. The first-order valence-electron chi connectivity index (χ1n) is 9.26. The van der Waals surface area contributed by atoms with Crippen molar-refractivity contribution in [3.63, 3.8) is 0 Å². The van der Waals surface area contributed by atoms with Gasteiger partial charge >= 0.3 is 0 Å². The highest BCUT2D eigenvalue weighted by Gasteiger charge is 2.30. The minimum atomic E-state index is 0.216. The van der Waals surface area contributed by atoms with Crippen LogP contribution in [0, 0.1) is 5.92 Å². The van der Waals surface area contributed by atoms with E-state index in [1.54, 1.807) is 4.90 Å². The van der Waals surface area contributed by atoms with E-state index in [-0.39, 0.29) is 5.92 Å². The monoisotopic (exact) mass is 317 g/mol. The lowest BCUT2D eigenvalue weighted by Gasteiger charge is -2.32. The molecule has 0 saturated carbocycles. The summed E-state index contributed by atoms with van der Waals surface area (Å²) in [6, 6.07) is 9.03. The average molecular weight is 317 g/mol. The summed E-state index contributed by atoms with van der Waals surface area (Å²) in [7, 11) is 0. The number of hydrogen-bond donors (Lipinski definition) is 1. The van der Waals surface area contributed by atoms with Crippen LogP contribution in [0.5, 0.6) is 0 Å². The van der Waals surface area contributed by atoms with E-state index in [4.69, 9.17) is 0 Å². The van der Waals surface area contributed by atoms with Crippen LogP contribution in [0.2, 0.25) is 0 Å². The highest BCUT2D eigenvalue weighted by Crippen LogP contribution is 2.15. The van der Waals surface area contributed by atoms with Gasteiger partial charge in [-0.25, -0.2) is 0 Å². The smallest absolute Gasteiger partial charge is 0.231 e. The summed E-state index contributed by atoms with van der Waals surface area (Å²) >= 11 is 0. The maximum absolute atomic E-state index is 12.6. The second-order valence-electron chi connectivity index (χ2n) is 7.13. The fourth-order valence-corrected chi connectivity index (χ4v) is 3.62.